The van der Waals surface area contributed by atoms with E-state index < -0.39 is 10.8 Å². The number of nitrogens with two attached hydrogens (primary N) is 1. The minimum absolute atomic E-state index is 0.124. The molecule has 0 fully saturated rings. The second-order valence-corrected chi connectivity index (χ2v) is 6.46. The van der Waals surface area contributed by atoms with Crippen LogP contribution in [-0.4, -0.2) is 17.0 Å². The van der Waals surface area contributed by atoms with E-state index in [4.69, 9.17) is 5.73 Å². The Morgan fingerprint density at radius 3 is 2.48 bits per heavy atom. The molecule has 142 valence electrons. The summed E-state index contributed by atoms with van der Waals surface area (Å²) in [6.07, 6.45) is 6.05. The molecule has 0 saturated heterocycles. The second kappa shape index (κ2) is 9.62. The monoisotopic (exact) mass is 367 g/mol. The van der Waals surface area contributed by atoms with Gasteiger partial charge in [-0.1, -0.05) is 44.9 Å². The Kier molecular flexibility index (Phi) is 7.23. The van der Waals surface area contributed by atoms with Crippen molar-refractivity contribution in [1.82, 2.24) is 0 Å². The highest BCUT2D eigenvalue weighted by Gasteiger charge is 2.21. The highest BCUT2D eigenvalue weighted by Crippen LogP contribution is 2.27. The van der Waals surface area contributed by atoms with Crippen molar-refractivity contribution in [2.24, 2.45) is 10.7 Å². The standard InChI is InChI=1S/C21H25N3O3/c1-3-5-7-15(4-2)16-10-12-18(13-11-16)23-14-17-8-6-9-19(21(22)25)20(17)24(26)27/h6,8-15H,3-5,7H2,1-2H3,(H2,22,25)/t15-/m0/s1. The number of para-hydroxylation sites is 1. The number of nitro benzene ring substituents is 1. The zero-order chi connectivity index (χ0) is 19.8. The summed E-state index contributed by atoms with van der Waals surface area (Å²) in [6, 6.07) is 12.4. The lowest BCUT2D eigenvalue weighted by molar-refractivity contribution is -0.385. The van der Waals surface area contributed by atoms with Gasteiger partial charge in [-0.15, -0.1) is 0 Å². The molecule has 0 bridgehead atoms. The fraction of sp³-hybridized carbons (Fsp3) is 0.333. The first-order chi connectivity index (χ1) is 13.0. The first-order valence-corrected chi connectivity index (χ1v) is 9.19. The van der Waals surface area contributed by atoms with Crippen molar-refractivity contribution in [2.75, 3.05) is 0 Å². The second-order valence-electron chi connectivity index (χ2n) is 6.46. The van der Waals surface area contributed by atoms with Crippen LogP contribution in [0.5, 0.6) is 0 Å². The van der Waals surface area contributed by atoms with Crippen LogP contribution >= 0.6 is 0 Å². The average Bonchev–Trinajstić information content (AvgIpc) is 2.67. The van der Waals surface area contributed by atoms with E-state index in [-0.39, 0.29) is 16.8 Å². The third kappa shape index (κ3) is 5.23. The zero-order valence-corrected chi connectivity index (χ0v) is 15.7. The van der Waals surface area contributed by atoms with E-state index in [1.54, 1.807) is 12.1 Å². The summed E-state index contributed by atoms with van der Waals surface area (Å²) >= 11 is 0. The van der Waals surface area contributed by atoms with Crippen LogP contribution in [-0.2, 0) is 0 Å². The van der Waals surface area contributed by atoms with Gasteiger partial charge in [0.2, 0.25) is 0 Å². The smallest absolute Gasteiger partial charge is 0.290 e. The maximum atomic E-state index is 11.4. The van der Waals surface area contributed by atoms with Gasteiger partial charge in [0.15, 0.2) is 0 Å². The van der Waals surface area contributed by atoms with E-state index in [0.717, 1.165) is 6.42 Å². The van der Waals surface area contributed by atoms with Crippen LogP contribution in [0, 0.1) is 10.1 Å². The van der Waals surface area contributed by atoms with E-state index in [1.807, 2.05) is 12.1 Å². The Balaban J connectivity index is 2.25. The third-order valence-corrected chi connectivity index (χ3v) is 4.63. The minimum Gasteiger partial charge on any atom is -0.365 e. The number of carbonyl (C=O) groups excluding carboxylic acids is 1. The molecule has 0 aliphatic heterocycles. The summed E-state index contributed by atoms with van der Waals surface area (Å²) in [7, 11) is 0. The number of unbranched alkanes of at least 4 members (excludes halogenated alkanes) is 1. The van der Waals surface area contributed by atoms with Gasteiger partial charge in [0.05, 0.1) is 16.2 Å². The lowest BCUT2D eigenvalue weighted by atomic mass is 9.91. The lowest BCUT2D eigenvalue weighted by Gasteiger charge is -2.14. The average molecular weight is 367 g/mol. The van der Waals surface area contributed by atoms with Crippen LogP contribution in [0.1, 0.15) is 66.9 Å². The summed E-state index contributed by atoms with van der Waals surface area (Å²) in [6.45, 7) is 4.38. The molecule has 0 aliphatic carbocycles. The molecule has 0 unspecified atom stereocenters. The fourth-order valence-corrected chi connectivity index (χ4v) is 3.10. The Morgan fingerprint density at radius 1 is 1.22 bits per heavy atom. The molecular weight excluding hydrogens is 342 g/mol. The van der Waals surface area contributed by atoms with E-state index in [0.29, 0.717) is 11.6 Å². The summed E-state index contributed by atoms with van der Waals surface area (Å²) in [5.74, 6) is -0.296. The topological polar surface area (TPSA) is 98.6 Å². The van der Waals surface area contributed by atoms with Crippen LogP contribution in [0.15, 0.2) is 47.5 Å². The minimum atomic E-state index is -0.834. The van der Waals surface area contributed by atoms with E-state index in [2.05, 4.69) is 31.0 Å². The van der Waals surface area contributed by atoms with Crippen molar-refractivity contribution in [3.63, 3.8) is 0 Å². The number of hydrogen-bond donors (Lipinski definition) is 1. The molecule has 0 aromatic heterocycles. The predicted octanol–water partition coefficient (Wildman–Crippen LogP) is 5.13. The van der Waals surface area contributed by atoms with Crippen LogP contribution in [0.4, 0.5) is 11.4 Å². The molecule has 0 aliphatic rings. The number of carbonyl (C=O) groups is 1. The highest BCUT2D eigenvalue weighted by atomic mass is 16.6. The zero-order valence-electron chi connectivity index (χ0n) is 15.7. The molecule has 0 saturated carbocycles. The maximum absolute atomic E-state index is 11.4. The number of amides is 1. The Bertz CT molecular complexity index is 829. The van der Waals surface area contributed by atoms with Crippen molar-refractivity contribution in [2.45, 2.75) is 45.4 Å². The van der Waals surface area contributed by atoms with Crippen LogP contribution in [0.25, 0.3) is 0 Å². The molecule has 0 heterocycles. The summed E-state index contributed by atoms with van der Waals surface area (Å²) in [5, 5.41) is 11.3. The molecule has 6 heteroatoms. The number of aliphatic imine (C=N–C) groups is 1. The van der Waals surface area contributed by atoms with Crippen molar-refractivity contribution in [3.05, 3.63) is 69.3 Å². The number of rotatable bonds is 9. The van der Waals surface area contributed by atoms with Gasteiger partial charge in [0.1, 0.15) is 5.56 Å². The van der Waals surface area contributed by atoms with E-state index in [9.17, 15) is 14.9 Å². The summed E-state index contributed by atoms with van der Waals surface area (Å²) in [5.41, 5.74) is 7.01. The molecule has 2 N–H and O–H groups in total. The van der Waals surface area contributed by atoms with E-state index in [1.165, 1.54) is 37.1 Å². The fourth-order valence-electron chi connectivity index (χ4n) is 3.10. The van der Waals surface area contributed by atoms with Crippen LogP contribution < -0.4 is 5.73 Å². The SMILES string of the molecule is CCCC[C@H](CC)c1ccc(N=Cc2cccc(C(N)=O)c2[N+](=O)[O-])cc1. The van der Waals surface area contributed by atoms with Crippen LogP contribution in [0.2, 0.25) is 0 Å². The van der Waals surface area contributed by atoms with Crippen molar-refractivity contribution < 1.29 is 9.72 Å². The largest absolute Gasteiger partial charge is 0.365 e. The molecule has 1 amide bonds. The van der Waals surface area contributed by atoms with Gasteiger partial charge in [-0.25, -0.2) is 0 Å². The molecule has 27 heavy (non-hydrogen) atoms. The Labute approximate surface area is 159 Å². The van der Waals surface area contributed by atoms with Crippen LogP contribution in [0.3, 0.4) is 0 Å². The number of primary amides is 1. The van der Waals surface area contributed by atoms with Crippen molar-refractivity contribution in [1.29, 1.82) is 0 Å². The number of nitrogens with zero attached hydrogens (tertiary/aromatic N) is 2. The van der Waals surface area contributed by atoms with Gasteiger partial charge >= 0.3 is 0 Å². The van der Waals surface area contributed by atoms with Gasteiger partial charge < -0.3 is 5.73 Å². The van der Waals surface area contributed by atoms with Crippen molar-refractivity contribution >= 4 is 23.5 Å². The number of hydrogen-bond acceptors (Lipinski definition) is 4. The summed E-state index contributed by atoms with van der Waals surface area (Å²) in [4.78, 5) is 26.5. The normalized spacial score (nSPS) is 12.2. The van der Waals surface area contributed by atoms with Gasteiger partial charge in [-0.05, 0) is 48.6 Å². The first-order valence-electron chi connectivity index (χ1n) is 9.19. The first kappa shape index (κ1) is 20.3. The molecule has 2 aromatic rings. The molecule has 0 spiro atoms. The highest BCUT2D eigenvalue weighted by molar-refractivity contribution is 6.01. The number of benzene rings is 2. The molecular formula is C21H25N3O3. The molecule has 1 atom stereocenters. The van der Waals surface area contributed by atoms with Gasteiger partial charge in [-0.3, -0.25) is 19.9 Å². The Morgan fingerprint density at radius 2 is 1.93 bits per heavy atom. The number of nitro groups is 1. The predicted molar refractivity (Wildman–Crippen MR) is 108 cm³/mol. The third-order valence-electron chi connectivity index (χ3n) is 4.63. The quantitative estimate of drug-likeness (QED) is 0.378. The van der Waals surface area contributed by atoms with E-state index >= 15 is 0 Å². The lowest BCUT2D eigenvalue weighted by Crippen LogP contribution is -2.14. The molecule has 6 nitrogen and oxygen atoms in total. The van der Waals surface area contributed by atoms with Gasteiger partial charge in [-0.2, -0.15) is 0 Å². The van der Waals surface area contributed by atoms with Gasteiger partial charge in [0, 0.05) is 6.21 Å². The Hall–Kier alpha value is -3.02. The molecule has 2 rings (SSSR count). The van der Waals surface area contributed by atoms with Gasteiger partial charge in [0.25, 0.3) is 11.6 Å². The maximum Gasteiger partial charge on any atom is 0.290 e. The summed E-state index contributed by atoms with van der Waals surface area (Å²) < 4.78 is 0. The van der Waals surface area contributed by atoms with Crippen molar-refractivity contribution in [3.8, 4) is 0 Å². The molecule has 0 radical (unpaired) electrons. The molecule has 2 aromatic carbocycles.